The molecule has 14 aromatic rings. The van der Waals surface area contributed by atoms with Gasteiger partial charge in [0.25, 0.3) is 0 Å². The van der Waals surface area contributed by atoms with E-state index in [2.05, 4.69) is 254 Å². The Morgan fingerprint density at radius 3 is 0.548 bits per heavy atom. The summed E-state index contributed by atoms with van der Waals surface area (Å²) in [6.45, 7) is 0. The van der Waals surface area contributed by atoms with Crippen molar-refractivity contribution in [3.8, 4) is 135 Å². The van der Waals surface area contributed by atoms with Gasteiger partial charge in [0.05, 0.1) is 45.6 Å². The van der Waals surface area contributed by atoms with Gasteiger partial charge in [-0.1, -0.05) is 261 Å². The second-order valence-electron chi connectivity index (χ2n) is 20.5. The molecule has 0 fully saturated rings. The summed E-state index contributed by atoms with van der Waals surface area (Å²) in [6.07, 6.45) is 3.77. The molecule has 0 saturated heterocycles. The molecule has 84 heavy (non-hydrogen) atoms. The monoisotopic (exact) mass is 1070 g/mol. The average Bonchev–Trinajstić information content (AvgIpc) is 3.78. The molecule has 0 radical (unpaired) electrons. The van der Waals surface area contributed by atoms with Crippen molar-refractivity contribution in [2.24, 2.45) is 0 Å². The van der Waals surface area contributed by atoms with Crippen LogP contribution in [0.4, 0.5) is 0 Å². The third kappa shape index (κ3) is 12.1. The smallest absolute Gasteiger partial charge is 0.0731 e. The van der Waals surface area contributed by atoms with Crippen LogP contribution in [0, 0.1) is 0 Å². The quantitative estimate of drug-likeness (QED) is 0.122. The number of nitrogens with zero attached hydrogens (tertiary/aromatic N) is 5. The first-order valence-corrected chi connectivity index (χ1v) is 28.2. The van der Waals surface area contributed by atoms with Crippen LogP contribution in [0.5, 0.6) is 0 Å². The Balaban J connectivity index is 0.000000157. The molecule has 0 aliphatic rings. The van der Waals surface area contributed by atoms with E-state index < -0.39 is 0 Å². The molecule has 0 aliphatic carbocycles. The Kier molecular flexibility index (Phi) is 15.3. The molecule has 0 bridgehead atoms. The summed E-state index contributed by atoms with van der Waals surface area (Å²) in [5.41, 5.74) is 24.8. The van der Waals surface area contributed by atoms with Gasteiger partial charge in [-0.3, -0.25) is 4.98 Å². The lowest BCUT2D eigenvalue weighted by molar-refractivity contribution is 1.26. The number of aromatic nitrogens is 5. The topological polar surface area (TPSA) is 64.5 Å². The minimum atomic E-state index is 0.868. The van der Waals surface area contributed by atoms with E-state index in [0.717, 1.165) is 123 Å². The maximum Gasteiger partial charge on any atom is 0.0731 e. The first-order valence-electron chi connectivity index (χ1n) is 28.2. The van der Waals surface area contributed by atoms with Gasteiger partial charge in [-0.05, 0) is 105 Å². The molecule has 396 valence electrons. The van der Waals surface area contributed by atoms with E-state index in [1.165, 1.54) is 11.1 Å². The summed E-state index contributed by atoms with van der Waals surface area (Å²) in [7, 11) is 0. The summed E-state index contributed by atoms with van der Waals surface area (Å²) >= 11 is 0. The number of rotatable bonds is 12. The van der Waals surface area contributed by atoms with Crippen molar-refractivity contribution in [3.63, 3.8) is 0 Å². The molecule has 0 saturated carbocycles. The predicted octanol–water partition coefficient (Wildman–Crippen LogP) is 20.4. The molecule has 0 amide bonds. The van der Waals surface area contributed by atoms with E-state index in [0.29, 0.717) is 0 Å². The Hall–Kier alpha value is -11.3. The van der Waals surface area contributed by atoms with Crippen molar-refractivity contribution in [2.45, 2.75) is 0 Å². The highest BCUT2D eigenvalue weighted by Gasteiger charge is 2.16. The van der Waals surface area contributed by atoms with Gasteiger partial charge < -0.3 is 0 Å². The highest BCUT2D eigenvalue weighted by molar-refractivity contribution is 5.83. The molecule has 0 spiro atoms. The largest absolute Gasteiger partial charge is 0.263 e. The van der Waals surface area contributed by atoms with Crippen molar-refractivity contribution in [3.05, 3.63) is 334 Å². The number of benzene rings is 9. The fourth-order valence-electron chi connectivity index (χ4n) is 10.5. The molecule has 5 heterocycles. The SMILES string of the molecule is c1ccc(-c2cc(-c3ccccc3)nc(-c3cccc(-c4cc(-c5ccccc5)cc(-c5ccccc5)n4)c3)c2)cc1.c1ccc(-c2cc(-c3ccccc3)nc(-c3cncc(-c4cc(-c5ccccc5)cc(-c5ccccc5)n4)c3)c2)cc1. The molecule has 9 aromatic carbocycles. The van der Waals surface area contributed by atoms with Gasteiger partial charge in [-0.2, -0.15) is 0 Å². The average molecular weight is 1070 g/mol. The third-order valence-electron chi connectivity index (χ3n) is 14.8. The standard InChI is InChI=1S/C40H28N2.C39H27N3/c1-5-14-29(15-6-1)35-25-37(31-18-9-3-10-19-31)41-39(27-35)33-22-13-23-34(24-33)40-28-36(30-16-7-2-8-17-30)26-38(42-40)32-20-11-4-12-21-32;1-5-13-28(14-6-1)32-22-36(30-17-9-3-10-18-30)41-38(24-32)34-21-35(27-40-26-34)39-25-33(29-15-7-2-8-16-29)23-37(42-39)31-19-11-4-12-20-31/h1-28H;1-27H. The van der Waals surface area contributed by atoms with Gasteiger partial charge in [0.15, 0.2) is 0 Å². The molecule has 5 nitrogen and oxygen atoms in total. The Bertz CT molecular complexity index is 3680. The van der Waals surface area contributed by atoms with Crippen molar-refractivity contribution in [2.75, 3.05) is 0 Å². The van der Waals surface area contributed by atoms with Crippen molar-refractivity contribution in [1.82, 2.24) is 24.9 Å². The lowest BCUT2D eigenvalue weighted by atomic mass is 9.97. The molecule has 5 aromatic heterocycles. The first kappa shape index (κ1) is 52.1. The zero-order valence-electron chi connectivity index (χ0n) is 46.0. The summed E-state index contributed by atoms with van der Waals surface area (Å²) in [6, 6.07) is 111. The van der Waals surface area contributed by atoms with E-state index in [9.17, 15) is 0 Å². The summed E-state index contributed by atoms with van der Waals surface area (Å²) in [5, 5.41) is 0. The third-order valence-corrected chi connectivity index (χ3v) is 14.8. The van der Waals surface area contributed by atoms with E-state index in [1.807, 2.05) is 85.2 Å². The fraction of sp³-hybridized carbons (Fsp3) is 0. The fourth-order valence-corrected chi connectivity index (χ4v) is 10.5. The maximum atomic E-state index is 5.14. The van der Waals surface area contributed by atoms with Crippen LogP contribution in [0.2, 0.25) is 0 Å². The lowest BCUT2D eigenvalue weighted by Gasteiger charge is -2.13. The molecular weight excluding hydrogens is 1020 g/mol. The minimum absolute atomic E-state index is 0.868. The van der Waals surface area contributed by atoms with Crippen LogP contribution in [0.25, 0.3) is 135 Å². The zero-order valence-corrected chi connectivity index (χ0v) is 46.0. The van der Waals surface area contributed by atoms with E-state index in [-0.39, 0.29) is 0 Å². The second kappa shape index (κ2) is 24.6. The maximum absolute atomic E-state index is 5.14. The molecule has 0 atom stereocenters. The van der Waals surface area contributed by atoms with Crippen LogP contribution in [0.1, 0.15) is 0 Å². The Morgan fingerprint density at radius 1 is 0.131 bits per heavy atom. The van der Waals surface area contributed by atoms with Crippen LogP contribution >= 0.6 is 0 Å². The molecule has 5 heteroatoms. The van der Waals surface area contributed by atoms with E-state index in [1.54, 1.807) is 0 Å². The second-order valence-corrected chi connectivity index (χ2v) is 20.5. The predicted molar refractivity (Wildman–Crippen MR) is 347 cm³/mol. The van der Waals surface area contributed by atoms with Gasteiger partial charge in [0.1, 0.15) is 0 Å². The zero-order chi connectivity index (χ0) is 56.3. The van der Waals surface area contributed by atoms with Crippen LogP contribution in [0.15, 0.2) is 334 Å². The van der Waals surface area contributed by atoms with Gasteiger partial charge in [0, 0.05) is 56.9 Å². The van der Waals surface area contributed by atoms with Crippen LogP contribution in [0.3, 0.4) is 0 Å². The lowest BCUT2D eigenvalue weighted by Crippen LogP contribution is -1.94. The molecule has 0 aliphatic heterocycles. The van der Waals surface area contributed by atoms with Gasteiger partial charge >= 0.3 is 0 Å². The van der Waals surface area contributed by atoms with Gasteiger partial charge in [-0.15, -0.1) is 0 Å². The normalized spacial score (nSPS) is 10.9. The molecular formula is C79H55N5. The van der Waals surface area contributed by atoms with Gasteiger partial charge in [0.2, 0.25) is 0 Å². The molecule has 0 N–H and O–H groups in total. The first-order chi connectivity index (χ1) is 41.6. The van der Waals surface area contributed by atoms with Gasteiger partial charge in [-0.25, -0.2) is 19.9 Å². The number of pyridine rings is 5. The Morgan fingerprint density at radius 2 is 0.310 bits per heavy atom. The number of hydrogen-bond acceptors (Lipinski definition) is 5. The van der Waals surface area contributed by atoms with Crippen molar-refractivity contribution < 1.29 is 0 Å². The number of hydrogen-bond donors (Lipinski definition) is 0. The van der Waals surface area contributed by atoms with E-state index >= 15 is 0 Å². The molecule has 0 unspecified atom stereocenters. The molecule has 14 rings (SSSR count). The van der Waals surface area contributed by atoms with Crippen molar-refractivity contribution >= 4 is 0 Å². The van der Waals surface area contributed by atoms with Crippen LogP contribution in [-0.4, -0.2) is 24.9 Å². The summed E-state index contributed by atoms with van der Waals surface area (Å²) in [5.74, 6) is 0. The Labute approximate surface area is 490 Å². The van der Waals surface area contributed by atoms with E-state index in [4.69, 9.17) is 19.9 Å². The van der Waals surface area contributed by atoms with Crippen molar-refractivity contribution in [1.29, 1.82) is 0 Å². The van der Waals surface area contributed by atoms with Crippen LogP contribution < -0.4 is 0 Å². The minimum Gasteiger partial charge on any atom is -0.263 e. The summed E-state index contributed by atoms with van der Waals surface area (Å²) in [4.78, 5) is 25.2. The van der Waals surface area contributed by atoms with Crippen LogP contribution in [-0.2, 0) is 0 Å². The highest BCUT2D eigenvalue weighted by Crippen LogP contribution is 2.37. The summed E-state index contributed by atoms with van der Waals surface area (Å²) < 4.78 is 0. The highest BCUT2D eigenvalue weighted by atomic mass is 14.8.